The Balaban J connectivity index is 1.54. The fraction of sp³-hybridized carbons (Fsp3) is 0.367. The van der Waals surface area contributed by atoms with E-state index in [4.69, 9.17) is 4.74 Å². The van der Waals surface area contributed by atoms with E-state index in [1.807, 2.05) is 6.07 Å². The Hall–Kier alpha value is -2.80. The standard InChI is InChI=1S/C30H34N2O3S/c1-35-26-14-13-23(36-2)17-22(26)18-31-28-24-15-16-32(19-25(24)30(33)34)29(28)27(20-9-5-3-6-10-20)21-11-7-4-8-12-21/h3-14,17,24-25,27-29,31H,15-16,18-19H2,1-2H3,(H,33,34). The maximum absolute atomic E-state index is 12.3. The molecule has 5 atom stereocenters. The van der Waals surface area contributed by atoms with Gasteiger partial charge in [0.15, 0.2) is 0 Å². The van der Waals surface area contributed by atoms with Crippen LogP contribution in [0.3, 0.4) is 0 Å². The minimum Gasteiger partial charge on any atom is -0.496 e. The van der Waals surface area contributed by atoms with Crippen molar-refractivity contribution in [2.45, 2.75) is 35.9 Å². The smallest absolute Gasteiger partial charge is 0.308 e. The van der Waals surface area contributed by atoms with Crippen LogP contribution in [0.2, 0.25) is 0 Å². The minimum absolute atomic E-state index is 0.0293. The molecule has 3 heterocycles. The summed E-state index contributed by atoms with van der Waals surface area (Å²) in [5, 5.41) is 14.0. The Morgan fingerprint density at radius 1 is 1.08 bits per heavy atom. The number of thioether (sulfide) groups is 1. The molecule has 3 aliphatic heterocycles. The molecule has 0 saturated carbocycles. The SMILES string of the molecule is COc1ccc(SC)cc1CNC1C2CCN(CC2C(=O)O)C1C(c1ccccc1)c1ccccc1. The van der Waals surface area contributed by atoms with Crippen molar-refractivity contribution < 1.29 is 14.6 Å². The molecule has 5 unspecified atom stereocenters. The van der Waals surface area contributed by atoms with E-state index in [-0.39, 0.29) is 29.8 Å². The van der Waals surface area contributed by atoms with Gasteiger partial charge in [-0.2, -0.15) is 0 Å². The number of hydrogen-bond acceptors (Lipinski definition) is 5. The molecule has 2 N–H and O–H groups in total. The van der Waals surface area contributed by atoms with Crippen molar-refractivity contribution in [3.8, 4) is 5.75 Å². The lowest BCUT2D eigenvalue weighted by Crippen LogP contribution is -2.68. The molecule has 188 valence electrons. The molecule has 0 radical (unpaired) electrons. The van der Waals surface area contributed by atoms with E-state index in [0.29, 0.717) is 13.1 Å². The second kappa shape index (κ2) is 11.1. The molecule has 0 spiro atoms. The highest BCUT2D eigenvalue weighted by molar-refractivity contribution is 7.98. The van der Waals surface area contributed by atoms with Gasteiger partial charge in [-0.3, -0.25) is 9.69 Å². The van der Waals surface area contributed by atoms with E-state index in [0.717, 1.165) is 24.3 Å². The highest BCUT2D eigenvalue weighted by Crippen LogP contribution is 2.44. The maximum atomic E-state index is 12.3. The predicted molar refractivity (Wildman–Crippen MR) is 145 cm³/mol. The summed E-state index contributed by atoms with van der Waals surface area (Å²) in [6.45, 7) is 2.16. The summed E-state index contributed by atoms with van der Waals surface area (Å²) < 4.78 is 5.67. The molecule has 5 nitrogen and oxygen atoms in total. The first-order valence-corrected chi connectivity index (χ1v) is 13.8. The van der Waals surface area contributed by atoms with Gasteiger partial charge in [-0.1, -0.05) is 60.7 Å². The van der Waals surface area contributed by atoms with Gasteiger partial charge in [0, 0.05) is 41.6 Å². The first-order valence-electron chi connectivity index (χ1n) is 12.6. The molecule has 3 aliphatic rings. The van der Waals surface area contributed by atoms with Gasteiger partial charge in [0.1, 0.15) is 5.75 Å². The summed E-state index contributed by atoms with van der Waals surface area (Å²) >= 11 is 1.71. The lowest BCUT2D eigenvalue weighted by atomic mass is 9.66. The monoisotopic (exact) mass is 502 g/mol. The van der Waals surface area contributed by atoms with Gasteiger partial charge in [0.2, 0.25) is 0 Å². The van der Waals surface area contributed by atoms with Crippen LogP contribution in [0.5, 0.6) is 5.75 Å². The number of carbonyl (C=O) groups is 1. The van der Waals surface area contributed by atoms with Crippen LogP contribution in [-0.4, -0.2) is 54.5 Å². The third kappa shape index (κ3) is 4.90. The van der Waals surface area contributed by atoms with E-state index >= 15 is 0 Å². The number of carboxylic acid groups (broad SMARTS) is 1. The van der Waals surface area contributed by atoms with Gasteiger partial charge in [-0.05, 0) is 54.5 Å². The maximum Gasteiger partial charge on any atom is 0.308 e. The lowest BCUT2D eigenvalue weighted by Gasteiger charge is -2.56. The van der Waals surface area contributed by atoms with Crippen molar-refractivity contribution >= 4 is 17.7 Å². The minimum atomic E-state index is -0.687. The first kappa shape index (κ1) is 24.9. The van der Waals surface area contributed by atoms with Crippen molar-refractivity contribution in [3.05, 3.63) is 95.6 Å². The van der Waals surface area contributed by atoms with Gasteiger partial charge >= 0.3 is 5.97 Å². The summed E-state index contributed by atoms with van der Waals surface area (Å²) in [6.07, 6.45) is 2.97. The highest BCUT2D eigenvalue weighted by Gasteiger charge is 2.52. The van der Waals surface area contributed by atoms with Crippen LogP contribution >= 0.6 is 11.8 Å². The number of ether oxygens (including phenoxy) is 1. The molecule has 3 aromatic rings. The number of rotatable bonds is 9. The summed E-state index contributed by atoms with van der Waals surface area (Å²) in [6, 6.07) is 27.8. The largest absolute Gasteiger partial charge is 0.496 e. The Morgan fingerprint density at radius 3 is 2.33 bits per heavy atom. The Labute approximate surface area is 217 Å². The van der Waals surface area contributed by atoms with Crippen LogP contribution in [0.25, 0.3) is 0 Å². The lowest BCUT2D eigenvalue weighted by molar-refractivity contribution is -0.152. The van der Waals surface area contributed by atoms with E-state index in [1.165, 1.54) is 16.0 Å². The highest BCUT2D eigenvalue weighted by atomic mass is 32.2. The zero-order chi connectivity index (χ0) is 25.1. The molecule has 6 heteroatoms. The molecule has 0 aliphatic carbocycles. The summed E-state index contributed by atoms with van der Waals surface area (Å²) in [5.41, 5.74) is 3.63. The van der Waals surface area contributed by atoms with Gasteiger partial charge in [0.05, 0.1) is 13.0 Å². The topological polar surface area (TPSA) is 61.8 Å². The fourth-order valence-electron chi connectivity index (χ4n) is 6.28. The summed E-state index contributed by atoms with van der Waals surface area (Å²) in [4.78, 5) is 15.9. The van der Waals surface area contributed by atoms with Crippen LogP contribution in [-0.2, 0) is 11.3 Å². The number of hydrogen-bond donors (Lipinski definition) is 2. The number of nitrogens with one attached hydrogen (secondary N) is 1. The first-order chi connectivity index (χ1) is 17.6. The number of methoxy groups -OCH3 is 1. The molecule has 2 bridgehead atoms. The molecule has 0 amide bonds. The van der Waals surface area contributed by atoms with Crippen molar-refractivity contribution in [2.75, 3.05) is 26.5 Å². The van der Waals surface area contributed by atoms with Crippen LogP contribution in [0.4, 0.5) is 0 Å². The van der Waals surface area contributed by atoms with Crippen molar-refractivity contribution in [2.24, 2.45) is 11.8 Å². The molecule has 3 aromatic carbocycles. The second-order valence-corrected chi connectivity index (χ2v) is 10.6. The summed E-state index contributed by atoms with van der Waals surface area (Å²) in [7, 11) is 1.70. The molecular formula is C30H34N2O3S. The predicted octanol–water partition coefficient (Wildman–Crippen LogP) is 5.11. The van der Waals surface area contributed by atoms with Crippen LogP contribution < -0.4 is 10.1 Å². The van der Waals surface area contributed by atoms with Gasteiger partial charge in [0.25, 0.3) is 0 Å². The molecule has 36 heavy (non-hydrogen) atoms. The van der Waals surface area contributed by atoms with Crippen molar-refractivity contribution in [3.63, 3.8) is 0 Å². The summed E-state index contributed by atoms with van der Waals surface area (Å²) in [5.74, 6) is 0.0200. The number of piperidine rings is 3. The molecule has 6 rings (SSSR count). The average molecular weight is 503 g/mol. The van der Waals surface area contributed by atoms with Crippen LogP contribution in [0.1, 0.15) is 29.0 Å². The Kier molecular flexibility index (Phi) is 7.65. The van der Waals surface area contributed by atoms with E-state index in [1.54, 1.807) is 18.9 Å². The van der Waals surface area contributed by atoms with Gasteiger partial charge in [-0.25, -0.2) is 0 Å². The number of aliphatic carboxylic acids is 1. The number of fused-ring (bicyclic) bond motifs is 3. The fourth-order valence-corrected chi connectivity index (χ4v) is 6.75. The number of benzene rings is 3. The third-order valence-corrected chi connectivity index (χ3v) is 8.67. The normalized spacial score (nSPS) is 25.1. The second-order valence-electron chi connectivity index (χ2n) is 9.77. The Bertz CT molecular complexity index is 1130. The Morgan fingerprint density at radius 2 is 1.75 bits per heavy atom. The quantitative estimate of drug-likeness (QED) is 0.397. The van der Waals surface area contributed by atoms with E-state index in [2.05, 4.69) is 89.3 Å². The van der Waals surface area contributed by atoms with Crippen molar-refractivity contribution in [1.29, 1.82) is 0 Å². The molecule has 0 aromatic heterocycles. The van der Waals surface area contributed by atoms with Gasteiger partial charge < -0.3 is 15.2 Å². The molecule has 3 fully saturated rings. The molecular weight excluding hydrogens is 468 g/mol. The number of nitrogens with zero attached hydrogens (tertiary/aromatic N) is 1. The average Bonchev–Trinajstić information content (AvgIpc) is 2.93. The zero-order valence-electron chi connectivity index (χ0n) is 20.8. The van der Waals surface area contributed by atoms with Crippen LogP contribution in [0.15, 0.2) is 83.8 Å². The molecule has 3 saturated heterocycles. The number of carboxylic acids is 1. The van der Waals surface area contributed by atoms with Gasteiger partial charge in [-0.15, -0.1) is 11.8 Å². The zero-order valence-corrected chi connectivity index (χ0v) is 21.7. The van der Waals surface area contributed by atoms with E-state index in [9.17, 15) is 9.90 Å². The van der Waals surface area contributed by atoms with E-state index < -0.39 is 5.97 Å². The van der Waals surface area contributed by atoms with Crippen LogP contribution in [0, 0.1) is 11.8 Å². The third-order valence-electron chi connectivity index (χ3n) is 7.94. The van der Waals surface area contributed by atoms with Crippen molar-refractivity contribution in [1.82, 2.24) is 10.2 Å².